The quantitative estimate of drug-likeness (QED) is 0.713. The summed E-state index contributed by atoms with van der Waals surface area (Å²) in [5, 5.41) is 7.16. The molecule has 0 radical (unpaired) electrons. The number of likely N-dealkylation sites (tertiary alicyclic amines) is 1. The van der Waals surface area contributed by atoms with E-state index in [1.165, 1.54) is 6.42 Å². The van der Waals surface area contributed by atoms with Crippen LogP contribution >= 0.6 is 0 Å². The average Bonchev–Trinajstić information content (AvgIpc) is 3.18. The zero-order valence-corrected chi connectivity index (χ0v) is 16.8. The van der Waals surface area contributed by atoms with Crippen LogP contribution in [0.15, 0.2) is 28.8 Å². The van der Waals surface area contributed by atoms with Gasteiger partial charge in [-0.15, -0.1) is 0 Å². The smallest absolute Gasteiger partial charge is 0.227 e. The molecule has 7 nitrogen and oxygen atoms in total. The van der Waals surface area contributed by atoms with Gasteiger partial charge >= 0.3 is 0 Å². The van der Waals surface area contributed by atoms with E-state index in [2.05, 4.69) is 27.3 Å². The van der Waals surface area contributed by atoms with Crippen LogP contribution in [0.5, 0.6) is 5.75 Å². The monoisotopic (exact) mass is 386 g/mol. The first kappa shape index (κ1) is 20.3. The van der Waals surface area contributed by atoms with Crippen LogP contribution in [0.1, 0.15) is 45.4 Å². The van der Waals surface area contributed by atoms with Gasteiger partial charge in [0.15, 0.2) is 0 Å². The van der Waals surface area contributed by atoms with Crippen molar-refractivity contribution in [3.8, 4) is 17.1 Å². The molecule has 0 atom stereocenters. The predicted molar refractivity (Wildman–Crippen MR) is 107 cm³/mol. The van der Waals surface area contributed by atoms with Crippen LogP contribution in [0.3, 0.4) is 0 Å². The number of rotatable bonds is 9. The number of hydrogen-bond acceptors (Lipinski definition) is 6. The fourth-order valence-electron chi connectivity index (χ4n) is 3.48. The molecule has 1 fully saturated rings. The van der Waals surface area contributed by atoms with E-state index in [4.69, 9.17) is 9.26 Å². The molecule has 0 spiro atoms. The second kappa shape index (κ2) is 10.2. The van der Waals surface area contributed by atoms with Crippen LogP contribution in [-0.4, -0.2) is 53.2 Å². The van der Waals surface area contributed by atoms with Crippen LogP contribution in [0.25, 0.3) is 11.4 Å². The molecular formula is C21H30N4O3. The number of aromatic nitrogens is 2. The summed E-state index contributed by atoms with van der Waals surface area (Å²) in [7, 11) is 0. The third-order valence-electron chi connectivity index (χ3n) is 4.95. The van der Waals surface area contributed by atoms with E-state index in [-0.39, 0.29) is 11.9 Å². The Morgan fingerprint density at radius 3 is 2.68 bits per heavy atom. The number of ether oxygens (including phenoxy) is 1. The summed E-state index contributed by atoms with van der Waals surface area (Å²) in [6.45, 7) is 8.06. The highest BCUT2D eigenvalue weighted by atomic mass is 16.5. The van der Waals surface area contributed by atoms with E-state index in [0.717, 1.165) is 43.8 Å². The Kier molecular flexibility index (Phi) is 7.42. The van der Waals surface area contributed by atoms with Crippen LogP contribution in [0.2, 0.25) is 0 Å². The lowest BCUT2D eigenvalue weighted by molar-refractivity contribution is -0.122. The summed E-state index contributed by atoms with van der Waals surface area (Å²) in [6.07, 6.45) is 4.03. The first-order valence-corrected chi connectivity index (χ1v) is 10.3. The SMILES string of the molecule is CCCN1CCC(NC(=O)CCc2nc(-c3ccc(OCC)cc3)no2)CC1. The van der Waals surface area contributed by atoms with Crippen molar-refractivity contribution in [2.75, 3.05) is 26.2 Å². The lowest BCUT2D eigenvalue weighted by Gasteiger charge is -2.32. The highest BCUT2D eigenvalue weighted by Crippen LogP contribution is 2.20. The molecule has 1 N–H and O–H groups in total. The molecule has 1 aromatic heterocycles. The number of benzene rings is 1. The number of hydrogen-bond donors (Lipinski definition) is 1. The van der Waals surface area contributed by atoms with Crippen molar-refractivity contribution in [3.05, 3.63) is 30.2 Å². The minimum absolute atomic E-state index is 0.0507. The molecule has 1 aromatic carbocycles. The molecule has 0 bridgehead atoms. The van der Waals surface area contributed by atoms with Gasteiger partial charge in [-0.1, -0.05) is 12.1 Å². The number of carbonyl (C=O) groups excluding carboxylic acids is 1. The first-order valence-electron chi connectivity index (χ1n) is 10.3. The Bertz CT molecular complexity index is 736. The topological polar surface area (TPSA) is 80.5 Å². The molecule has 1 amide bonds. The van der Waals surface area contributed by atoms with Crippen molar-refractivity contribution < 1.29 is 14.1 Å². The maximum absolute atomic E-state index is 12.2. The normalized spacial score (nSPS) is 15.5. The zero-order chi connectivity index (χ0) is 19.8. The van der Waals surface area contributed by atoms with Gasteiger partial charge < -0.3 is 19.5 Å². The fourth-order valence-corrected chi connectivity index (χ4v) is 3.48. The largest absolute Gasteiger partial charge is 0.494 e. The predicted octanol–water partition coefficient (Wildman–Crippen LogP) is 3.06. The van der Waals surface area contributed by atoms with Crippen LogP contribution < -0.4 is 10.1 Å². The highest BCUT2D eigenvalue weighted by molar-refractivity contribution is 5.76. The molecule has 1 aliphatic heterocycles. The maximum Gasteiger partial charge on any atom is 0.227 e. The third kappa shape index (κ3) is 5.79. The molecular weight excluding hydrogens is 356 g/mol. The molecule has 0 saturated carbocycles. The summed E-state index contributed by atoms with van der Waals surface area (Å²) in [6, 6.07) is 7.85. The summed E-state index contributed by atoms with van der Waals surface area (Å²) in [5.41, 5.74) is 0.863. The van der Waals surface area contributed by atoms with Gasteiger partial charge in [0, 0.05) is 37.5 Å². The Morgan fingerprint density at radius 2 is 2.00 bits per heavy atom. The average molecular weight is 386 g/mol. The summed E-state index contributed by atoms with van der Waals surface area (Å²) >= 11 is 0. The molecule has 0 aliphatic carbocycles. The summed E-state index contributed by atoms with van der Waals surface area (Å²) in [5.74, 6) is 1.88. The number of piperidine rings is 1. The molecule has 1 aliphatic rings. The van der Waals surface area contributed by atoms with Gasteiger partial charge in [-0.25, -0.2) is 0 Å². The number of nitrogens with one attached hydrogen (secondary N) is 1. The van der Waals surface area contributed by atoms with Crippen molar-refractivity contribution in [2.45, 2.75) is 52.0 Å². The lowest BCUT2D eigenvalue weighted by atomic mass is 10.0. The Labute approximate surface area is 166 Å². The zero-order valence-electron chi connectivity index (χ0n) is 16.8. The number of nitrogens with zero attached hydrogens (tertiary/aromatic N) is 3. The summed E-state index contributed by atoms with van der Waals surface area (Å²) in [4.78, 5) is 19.1. The van der Waals surface area contributed by atoms with Crippen LogP contribution in [0, 0.1) is 0 Å². The van der Waals surface area contributed by atoms with Crippen molar-refractivity contribution >= 4 is 5.91 Å². The Hall–Kier alpha value is -2.41. The lowest BCUT2D eigenvalue weighted by Crippen LogP contribution is -2.44. The van der Waals surface area contributed by atoms with E-state index in [1.54, 1.807) is 0 Å². The van der Waals surface area contributed by atoms with Crippen molar-refractivity contribution in [2.24, 2.45) is 0 Å². The number of amides is 1. The molecule has 3 rings (SSSR count). The molecule has 1 saturated heterocycles. The molecule has 152 valence electrons. The fraction of sp³-hybridized carbons (Fsp3) is 0.571. The van der Waals surface area contributed by atoms with Crippen LogP contribution in [0.4, 0.5) is 0 Å². The minimum Gasteiger partial charge on any atom is -0.494 e. The van der Waals surface area contributed by atoms with Crippen LogP contribution in [-0.2, 0) is 11.2 Å². The Morgan fingerprint density at radius 1 is 1.25 bits per heavy atom. The van der Waals surface area contributed by atoms with Crippen molar-refractivity contribution in [1.82, 2.24) is 20.4 Å². The van der Waals surface area contributed by atoms with Gasteiger partial charge in [-0.3, -0.25) is 4.79 Å². The Balaban J connectivity index is 1.43. The third-order valence-corrected chi connectivity index (χ3v) is 4.95. The molecule has 2 heterocycles. The van der Waals surface area contributed by atoms with Gasteiger partial charge in [0.2, 0.25) is 17.6 Å². The van der Waals surface area contributed by atoms with E-state index >= 15 is 0 Å². The van der Waals surface area contributed by atoms with Gasteiger partial charge in [0.05, 0.1) is 6.61 Å². The second-order valence-corrected chi connectivity index (χ2v) is 7.15. The highest BCUT2D eigenvalue weighted by Gasteiger charge is 2.20. The molecule has 7 heteroatoms. The van der Waals surface area contributed by atoms with E-state index in [1.807, 2.05) is 31.2 Å². The molecule has 0 unspecified atom stereocenters. The van der Waals surface area contributed by atoms with E-state index < -0.39 is 0 Å². The van der Waals surface area contributed by atoms with Gasteiger partial charge in [0.1, 0.15) is 5.75 Å². The first-order chi connectivity index (χ1) is 13.7. The van der Waals surface area contributed by atoms with Gasteiger partial charge in [-0.05, 0) is 57.0 Å². The van der Waals surface area contributed by atoms with Crippen molar-refractivity contribution in [3.63, 3.8) is 0 Å². The second-order valence-electron chi connectivity index (χ2n) is 7.15. The van der Waals surface area contributed by atoms with Crippen molar-refractivity contribution in [1.29, 1.82) is 0 Å². The van der Waals surface area contributed by atoms with E-state index in [9.17, 15) is 4.79 Å². The van der Waals surface area contributed by atoms with Gasteiger partial charge in [0.25, 0.3) is 0 Å². The van der Waals surface area contributed by atoms with E-state index in [0.29, 0.717) is 31.2 Å². The minimum atomic E-state index is 0.0507. The summed E-state index contributed by atoms with van der Waals surface area (Å²) < 4.78 is 10.7. The number of carbonyl (C=O) groups is 1. The maximum atomic E-state index is 12.2. The molecule has 28 heavy (non-hydrogen) atoms. The van der Waals surface area contributed by atoms with Gasteiger partial charge in [-0.2, -0.15) is 4.98 Å². The molecule has 2 aromatic rings. The number of aryl methyl sites for hydroxylation is 1. The standard InChI is InChI=1S/C21H30N4O3/c1-3-13-25-14-11-17(12-15-25)22-19(26)9-10-20-23-21(24-28-20)16-5-7-18(8-6-16)27-4-2/h5-8,17H,3-4,9-15H2,1-2H3,(H,22,26).